The van der Waals surface area contributed by atoms with Crippen molar-refractivity contribution in [2.45, 2.75) is 0 Å². The van der Waals surface area contributed by atoms with Gasteiger partial charge in [0, 0.05) is 12.1 Å². The third kappa shape index (κ3) is 3.26. The molecule has 0 saturated heterocycles. The maximum absolute atomic E-state index is 12.3. The Balaban J connectivity index is 1.88. The van der Waals surface area contributed by atoms with Gasteiger partial charge in [0.25, 0.3) is 17.3 Å². The Labute approximate surface area is 146 Å². The SMILES string of the molecule is O=C(Nc1ccccc1[N+](=O)[O-])c1ccc(-c2ccccc2[N+](=O)[O-])o1. The summed E-state index contributed by atoms with van der Waals surface area (Å²) in [4.78, 5) is 33.2. The third-order valence-electron chi connectivity index (χ3n) is 3.54. The molecule has 26 heavy (non-hydrogen) atoms. The number of nitro groups is 2. The molecule has 0 aliphatic carbocycles. The van der Waals surface area contributed by atoms with Crippen molar-refractivity contribution in [2.75, 3.05) is 5.32 Å². The molecule has 0 saturated carbocycles. The van der Waals surface area contributed by atoms with Crippen LogP contribution in [-0.2, 0) is 0 Å². The van der Waals surface area contributed by atoms with Crippen molar-refractivity contribution in [3.05, 3.63) is 86.7 Å². The number of nitro benzene ring substituents is 2. The number of hydrogen-bond acceptors (Lipinski definition) is 6. The summed E-state index contributed by atoms with van der Waals surface area (Å²) in [5, 5.41) is 24.5. The molecule has 130 valence electrons. The summed E-state index contributed by atoms with van der Waals surface area (Å²) < 4.78 is 5.41. The average molecular weight is 353 g/mol. The molecule has 0 unspecified atom stereocenters. The predicted octanol–water partition coefficient (Wildman–Crippen LogP) is 4.02. The van der Waals surface area contributed by atoms with Crippen LogP contribution in [0.3, 0.4) is 0 Å². The highest BCUT2D eigenvalue weighted by Gasteiger charge is 2.21. The van der Waals surface area contributed by atoms with Crippen molar-refractivity contribution in [3.8, 4) is 11.3 Å². The number of para-hydroxylation sites is 3. The second-order valence-corrected chi connectivity index (χ2v) is 5.17. The monoisotopic (exact) mass is 353 g/mol. The van der Waals surface area contributed by atoms with Gasteiger partial charge in [-0.2, -0.15) is 0 Å². The van der Waals surface area contributed by atoms with Crippen LogP contribution in [0.4, 0.5) is 17.1 Å². The van der Waals surface area contributed by atoms with Gasteiger partial charge >= 0.3 is 0 Å². The standard InChI is InChI=1S/C17H11N3O6/c21-17(18-12-6-2-4-8-14(12)20(24)25)16-10-9-15(26-16)11-5-1-3-7-13(11)19(22)23/h1-10H,(H,18,21). The molecule has 0 aliphatic heterocycles. The van der Waals surface area contributed by atoms with Gasteiger partial charge in [-0.05, 0) is 24.3 Å². The van der Waals surface area contributed by atoms with Gasteiger partial charge in [-0.15, -0.1) is 0 Å². The van der Waals surface area contributed by atoms with Gasteiger partial charge in [0.2, 0.25) is 0 Å². The summed E-state index contributed by atoms with van der Waals surface area (Å²) in [6, 6.07) is 14.4. The Kier molecular flexibility index (Phi) is 4.44. The first-order chi connectivity index (χ1) is 12.5. The molecule has 1 heterocycles. The summed E-state index contributed by atoms with van der Waals surface area (Å²) in [7, 11) is 0. The third-order valence-corrected chi connectivity index (χ3v) is 3.54. The molecule has 3 aromatic rings. The van der Waals surface area contributed by atoms with Gasteiger partial charge in [-0.1, -0.05) is 24.3 Å². The van der Waals surface area contributed by atoms with Crippen LogP contribution in [0.15, 0.2) is 65.1 Å². The van der Waals surface area contributed by atoms with Gasteiger partial charge in [0.15, 0.2) is 5.76 Å². The van der Waals surface area contributed by atoms with Crippen LogP contribution >= 0.6 is 0 Å². The predicted molar refractivity (Wildman–Crippen MR) is 91.8 cm³/mol. The molecular formula is C17H11N3O6. The van der Waals surface area contributed by atoms with Crippen LogP contribution in [0.2, 0.25) is 0 Å². The first-order valence-electron chi connectivity index (χ1n) is 7.36. The minimum atomic E-state index is -0.705. The number of rotatable bonds is 5. The van der Waals surface area contributed by atoms with Crippen LogP contribution in [0.25, 0.3) is 11.3 Å². The number of furan rings is 1. The van der Waals surface area contributed by atoms with Crippen molar-refractivity contribution in [3.63, 3.8) is 0 Å². The van der Waals surface area contributed by atoms with E-state index in [1.807, 2.05) is 0 Å². The van der Waals surface area contributed by atoms with Crippen molar-refractivity contribution in [1.82, 2.24) is 0 Å². The number of nitrogens with zero attached hydrogens (tertiary/aromatic N) is 2. The Hall–Kier alpha value is -4.01. The van der Waals surface area contributed by atoms with Crippen molar-refractivity contribution >= 4 is 23.0 Å². The number of anilines is 1. The molecule has 3 rings (SSSR count). The number of amides is 1. The lowest BCUT2D eigenvalue weighted by Crippen LogP contribution is -2.12. The molecule has 9 heteroatoms. The lowest BCUT2D eigenvalue weighted by Gasteiger charge is -2.04. The van der Waals surface area contributed by atoms with E-state index in [4.69, 9.17) is 4.42 Å². The highest BCUT2D eigenvalue weighted by atomic mass is 16.6. The number of carbonyl (C=O) groups is 1. The molecule has 2 aromatic carbocycles. The largest absolute Gasteiger partial charge is 0.451 e. The molecule has 0 atom stereocenters. The van der Waals surface area contributed by atoms with Crippen LogP contribution < -0.4 is 5.32 Å². The Morgan fingerprint density at radius 3 is 2.15 bits per heavy atom. The summed E-state index contributed by atoms with van der Waals surface area (Å²) in [5.41, 5.74) is -0.174. The Morgan fingerprint density at radius 2 is 1.46 bits per heavy atom. The number of hydrogen-bond donors (Lipinski definition) is 1. The fraction of sp³-hybridized carbons (Fsp3) is 0. The van der Waals surface area contributed by atoms with Crippen LogP contribution in [0.5, 0.6) is 0 Å². The maximum Gasteiger partial charge on any atom is 0.292 e. The van der Waals surface area contributed by atoms with Crippen molar-refractivity contribution in [2.24, 2.45) is 0 Å². The minimum Gasteiger partial charge on any atom is -0.451 e. The molecule has 1 N–H and O–H groups in total. The molecule has 0 bridgehead atoms. The molecule has 0 fully saturated rings. The summed E-state index contributed by atoms with van der Waals surface area (Å²) >= 11 is 0. The first kappa shape index (κ1) is 16.8. The van der Waals surface area contributed by atoms with E-state index < -0.39 is 15.8 Å². The zero-order chi connectivity index (χ0) is 18.7. The van der Waals surface area contributed by atoms with Crippen LogP contribution in [0, 0.1) is 20.2 Å². The molecule has 0 aliphatic rings. The van der Waals surface area contributed by atoms with E-state index in [2.05, 4.69) is 5.32 Å². The smallest absolute Gasteiger partial charge is 0.292 e. The quantitative estimate of drug-likeness (QED) is 0.545. The van der Waals surface area contributed by atoms with Gasteiger partial charge in [0.1, 0.15) is 11.4 Å². The summed E-state index contributed by atoms with van der Waals surface area (Å²) in [6.45, 7) is 0. The second-order valence-electron chi connectivity index (χ2n) is 5.17. The zero-order valence-electron chi connectivity index (χ0n) is 13.1. The van der Waals surface area contributed by atoms with Crippen LogP contribution in [0.1, 0.15) is 10.6 Å². The van der Waals surface area contributed by atoms with E-state index in [0.29, 0.717) is 0 Å². The van der Waals surface area contributed by atoms with E-state index in [1.54, 1.807) is 12.1 Å². The summed E-state index contributed by atoms with van der Waals surface area (Å²) in [5.74, 6) is -0.689. The maximum atomic E-state index is 12.3. The van der Waals surface area contributed by atoms with Gasteiger partial charge in [0.05, 0.1) is 15.4 Å². The van der Waals surface area contributed by atoms with Gasteiger partial charge < -0.3 is 9.73 Å². The average Bonchev–Trinajstić information content (AvgIpc) is 3.12. The topological polar surface area (TPSA) is 129 Å². The fourth-order valence-corrected chi connectivity index (χ4v) is 2.37. The molecule has 0 radical (unpaired) electrons. The van der Waals surface area contributed by atoms with Gasteiger partial charge in [-0.25, -0.2) is 0 Å². The van der Waals surface area contributed by atoms with Crippen LogP contribution in [-0.4, -0.2) is 15.8 Å². The Bertz CT molecular complexity index is 1010. The first-order valence-corrected chi connectivity index (χ1v) is 7.36. The van der Waals surface area contributed by atoms with Crippen molar-refractivity contribution in [1.29, 1.82) is 0 Å². The van der Waals surface area contributed by atoms with Gasteiger partial charge in [-0.3, -0.25) is 25.0 Å². The highest BCUT2D eigenvalue weighted by Crippen LogP contribution is 2.31. The molecule has 0 spiro atoms. The van der Waals surface area contributed by atoms with E-state index in [-0.39, 0.29) is 34.1 Å². The lowest BCUT2D eigenvalue weighted by molar-refractivity contribution is -0.384. The summed E-state index contributed by atoms with van der Waals surface area (Å²) in [6.07, 6.45) is 0. The number of nitrogens with one attached hydrogen (secondary N) is 1. The number of benzene rings is 2. The van der Waals surface area contributed by atoms with E-state index in [1.165, 1.54) is 48.5 Å². The van der Waals surface area contributed by atoms with E-state index in [9.17, 15) is 25.0 Å². The Morgan fingerprint density at radius 1 is 0.846 bits per heavy atom. The number of carbonyl (C=O) groups excluding carboxylic acids is 1. The molecule has 1 aromatic heterocycles. The molecule has 1 amide bonds. The minimum absolute atomic E-state index is 0.0196. The fourth-order valence-electron chi connectivity index (χ4n) is 2.37. The lowest BCUT2D eigenvalue weighted by atomic mass is 10.1. The van der Waals surface area contributed by atoms with Crippen molar-refractivity contribution < 1.29 is 19.1 Å². The molecular weight excluding hydrogens is 342 g/mol. The second kappa shape index (κ2) is 6.85. The van der Waals surface area contributed by atoms with E-state index >= 15 is 0 Å². The zero-order valence-corrected chi connectivity index (χ0v) is 13.1. The normalized spacial score (nSPS) is 10.3. The molecule has 9 nitrogen and oxygen atoms in total. The highest BCUT2D eigenvalue weighted by molar-refractivity contribution is 6.03. The van der Waals surface area contributed by atoms with E-state index in [0.717, 1.165) is 0 Å².